The Hall–Kier alpha value is -2.05. The van der Waals surface area contributed by atoms with Crippen molar-refractivity contribution in [1.82, 2.24) is 0 Å². The van der Waals surface area contributed by atoms with Gasteiger partial charge in [0.2, 0.25) is 0 Å². The molecule has 0 atom stereocenters. The molecule has 7 heteroatoms. The van der Waals surface area contributed by atoms with E-state index in [1.807, 2.05) is 32.0 Å². The molecule has 3 aromatic rings. The largest absolute Gasteiger partial charge is 0.457 e. The first kappa shape index (κ1) is 20.2. The highest BCUT2D eigenvalue weighted by Gasteiger charge is 2.34. The van der Waals surface area contributed by atoms with Crippen LogP contribution >= 0.6 is 47.2 Å². The number of carbonyl (C=O) groups excluding carboxylic acids is 1. The van der Waals surface area contributed by atoms with Crippen molar-refractivity contribution in [2.75, 3.05) is 4.90 Å². The van der Waals surface area contributed by atoms with E-state index in [9.17, 15) is 4.79 Å². The molecular formula is C22H15Cl2NO2S2. The second-order valence-electron chi connectivity index (χ2n) is 6.63. The smallest absolute Gasteiger partial charge is 0.270 e. The van der Waals surface area contributed by atoms with Crippen LogP contribution in [-0.2, 0) is 4.79 Å². The summed E-state index contributed by atoms with van der Waals surface area (Å²) in [4.78, 5) is 15.1. The molecule has 29 heavy (non-hydrogen) atoms. The van der Waals surface area contributed by atoms with Gasteiger partial charge in [0, 0.05) is 16.7 Å². The van der Waals surface area contributed by atoms with Gasteiger partial charge in [-0.25, -0.2) is 0 Å². The molecule has 0 unspecified atom stereocenters. The molecule has 1 aliphatic heterocycles. The molecule has 0 bridgehead atoms. The Balaban J connectivity index is 1.65. The van der Waals surface area contributed by atoms with Gasteiger partial charge in [0.15, 0.2) is 4.32 Å². The van der Waals surface area contributed by atoms with E-state index in [4.69, 9.17) is 39.8 Å². The Labute approximate surface area is 188 Å². The highest BCUT2D eigenvalue weighted by molar-refractivity contribution is 8.27. The van der Waals surface area contributed by atoms with Crippen LogP contribution in [0.2, 0.25) is 10.0 Å². The first-order valence-corrected chi connectivity index (χ1v) is 10.7. The zero-order valence-electron chi connectivity index (χ0n) is 15.5. The van der Waals surface area contributed by atoms with Gasteiger partial charge in [0.25, 0.3) is 5.91 Å². The lowest BCUT2D eigenvalue weighted by atomic mass is 10.1. The lowest BCUT2D eigenvalue weighted by Gasteiger charge is -2.17. The van der Waals surface area contributed by atoms with Crippen molar-refractivity contribution in [3.8, 4) is 11.3 Å². The van der Waals surface area contributed by atoms with E-state index < -0.39 is 0 Å². The molecule has 1 aliphatic rings. The van der Waals surface area contributed by atoms with Crippen molar-refractivity contribution in [2.45, 2.75) is 13.8 Å². The topological polar surface area (TPSA) is 33.5 Å². The maximum Gasteiger partial charge on any atom is 0.270 e. The summed E-state index contributed by atoms with van der Waals surface area (Å²) < 4.78 is 6.39. The molecule has 2 aromatic carbocycles. The van der Waals surface area contributed by atoms with Crippen LogP contribution in [0.25, 0.3) is 17.4 Å². The van der Waals surface area contributed by atoms with Gasteiger partial charge in [-0.2, -0.15) is 0 Å². The summed E-state index contributed by atoms with van der Waals surface area (Å²) in [5, 5.41) is 1.10. The molecule has 1 saturated heterocycles. The van der Waals surface area contributed by atoms with Crippen molar-refractivity contribution in [1.29, 1.82) is 0 Å². The van der Waals surface area contributed by atoms with Crippen LogP contribution < -0.4 is 4.90 Å². The molecule has 146 valence electrons. The lowest BCUT2D eigenvalue weighted by molar-refractivity contribution is -0.113. The second kappa shape index (κ2) is 8.00. The maximum atomic E-state index is 13.0. The summed E-state index contributed by atoms with van der Waals surface area (Å²) >= 11 is 19.0. The van der Waals surface area contributed by atoms with E-state index in [1.165, 1.54) is 11.8 Å². The minimum absolute atomic E-state index is 0.160. The third-order valence-electron chi connectivity index (χ3n) is 4.49. The standard InChI is InChI=1S/C22H15Cl2NO2S2/c1-12-3-4-13(2)18(9-12)25-21(26)20(29-22(25)28)11-15-6-8-19(27-15)16-10-14(23)5-7-17(16)24/h3-11H,1-2H3. The van der Waals surface area contributed by atoms with E-state index in [-0.39, 0.29) is 5.91 Å². The third-order valence-corrected chi connectivity index (χ3v) is 6.36. The number of hydrogen-bond acceptors (Lipinski definition) is 4. The van der Waals surface area contributed by atoms with E-state index in [0.29, 0.717) is 36.4 Å². The molecule has 0 radical (unpaired) electrons. The van der Waals surface area contributed by atoms with Gasteiger partial charge in [-0.3, -0.25) is 9.69 Å². The molecular weight excluding hydrogens is 445 g/mol. The summed E-state index contributed by atoms with van der Waals surface area (Å²) in [5.41, 5.74) is 3.56. The minimum atomic E-state index is -0.160. The van der Waals surface area contributed by atoms with Crippen molar-refractivity contribution in [3.05, 3.63) is 80.4 Å². The number of nitrogens with zero attached hydrogens (tertiary/aromatic N) is 1. The number of aryl methyl sites for hydroxylation is 2. The predicted molar refractivity (Wildman–Crippen MR) is 126 cm³/mol. The van der Waals surface area contributed by atoms with Gasteiger partial charge in [0.1, 0.15) is 11.5 Å². The molecule has 0 spiro atoms. The van der Waals surface area contributed by atoms with Crippen molar-refractivity contribution >= 4 is 69.2 Å². The van der Waals surface area contributed by atoms with Crippen molar-refractivity contribution < 1.29 is 9.21 Å². The number of amides is 1. The van der Waals surface area contributed by atoms with E-state index in [0.717, 1.165) is 16.8 Å². The third kappa shape index (κ3) is 4.01. The molecule has 1 amide bonds. The number of hydrogen-bond donors (Lipinski definition) is 0. The average Bonchev–Trinajstić information content (AvgIpc) is 3.24. The zero-order chi connectivity index (χ0) is 20.7. The highest BCUT2D eigenvalue weighted by atomic mass is 35.5. The number of carbonyl (C=O) groups is 1. The Kier molecular flexibility index (Phi) is 5.58. The number of thiocarbonyl (C=S) groups is 1. The van der Waals surface area contributed by atoms with Gasteiger partial charge in [-0.1, -0.05) is 59.3 Å². The van der Waals surface area contributed by atoms with E-state index in [2.05, 4.69) is 0 Å². The van der Waals surface area contributed by atoms with Crippen LogP contribution in [0.15, 0.2) is 57.9 Å². The number of anilines is 1. The fourth-order valence-corrected chi connectivity index (χ4v) is 4.67. The quantitative estimate of drug-likeness (QED) is 0.304. The molecule has 1 fully saturated rings. The molecule has 0 aliphatic carbocycles. The first-order valence-electron chi connectivity index (χ1n) is 8.74. The van der Waals surface area contributed by atoms with Gasteiger partial charge >= 0.3 is 0 Å². The molecule has 0 saturated carbocycles. The van der Waals surface area contributed by atoms with Crippen LogP contribution in [0, 0.1) is 13.8 Å². The van der Waals surface area contributed by atoms with Gasteiger partial charge in [0.05, 0.1) is 15.6 Å². The van der Waals surface area contributed by atoms with Crippen molar-refractivity contribution in [2.24, 2.45) is 0 Å². The fraction of sp³-hybridized carbons (Fsp3) is 0.0909. The fourth-order valence-electron chi connectivity index (χ4n) is 3.03. The number of rotatable bonds is 3. The Morgan fingerprint density at radius 3 is 2.66 bits per heavy atom. The summed E-state index contributed by atoms with van der Waals surface area (Å²) in [7, 11) is 0. The molecule has 3 nitrogen and oxygen atoms in total. The Morgan fingerprint density at radius 2 is 1.86 bits per heavy atom. The van der Waals surface area contributed by atoms with E-state index in [1.54, 1.807) is 41.3 Å². The number of furan rings is 1. The summed E-state index contributed by atoms with van der Waals surface area (Å²) in [6.07, 6.45) is 1.70. The molecule has 4 rings (SSSR count). The van der Waals surface area contributed by atoms with Crippen LogP contribution in [0.5, 0.6) is 0 Å². The number of halogens is 2. The van der Waals surface area contributed by atoms with Crippen LogP contribution in [0.4, 0.5) is 5.69 Å². The van der Waals surface area contributed by atoms with Crippen molar-refractivity contribution in [3.63, 3.8) is 0 Å². The Morgan fingerprint density at radius 1 is 1.07 bits per heavy atom. The zero-order valence-corrected chi connectivity index (χ0v) is 18.7. The molecule has 0 N–H and O–H groups in total. The number of thioether (sulfide) groups is 1. The van der Waals surface area contributed by atoms with E-state index >= 15 is 0 Å². The lowest BCUT2D eigenvalue weighted by Crippen LogP contribution is -2.28. The normalized spacial score (nSPS) is 15.6. The summed E-state index contributed by atoms with van der Waals surface area (Å²) in [6, 6.07) is 14.7. The maximum absolute atomic E-state index is 13.0. The minimum Gasteiger partial charge on any atom is -0.457 e. The first-order chi connectivity index (χ1) is 13.8. The second-order valence-corrected chi connectivity index (χ2v) is 9.15. The van der Waals surface area contributed by atoms with Crippen LogP contribution in [-0.4, -0.2) is 10.2 Å². The molecule has 1 aromatic heterocycles. The highest BCUT2D eigenvalue weighted by Crippen LogP contribution is 2.38. The van der Waals surface area contributed by atoms with Crippen LogP contribution in [0.3, 0.4) is 0 Å². The van der Waals surface area contributed by atoms with Gasteiger partial charge < -0.3 is 4.42 Å². The van der Waals surface area contributed by atoms with Crippen LogP contribution in [0.1, 0.15) is 16.9 Å². The summed E-state index contributed by atoms with van der Waals surface area (Å²) in [6.45, 7) is 3.95. The van der Waals surface area contributed by atoms with Gasteiger partial charge in [-0.05, 0) is 61.4 Å². The average molecular weight is 460 g/mol. The monoisotopic (exact) mass is 459 g/mol. The molecule has 2 heterocycles. The SMILES string of the molecule is Cc1ccc(C)c(N2C(=O)C(=Cc3ccc(-c4cc(Cl)ccc4Cl)o3)SC2=S)c1. The van der Waals surface area contributed by atoms with Gasteiger partial charge in [-0.15, -0.1) is 0 Å². The Bertz CT molecular complexity index is 1180. The summed E-state index contributed by atoms with van der Waals surface area (Å²) in [5.74, 6) is 0.957. The number of benzene rings is 2. The predicted octanol–water partition coefficient (Wildman–Crippen LogP) is 7.28.